The van der Waals surface area contributed by atoms with E-state index in [9.17, 15) is 4.79 Å². The zero-order valence-corrected chi connectivity index (χ0v) is 12.8. The molecule has 1 saturated heterocycles. The van der Waals surface area contributed by atoms with Crippen molar-refractivity contribution in [2.45, 2.75) is 19.5 Å². The first-order valence-corrected chi connectivity index (χ1v) is 7.51. The molecule has 1 aromatic carbocycles. The van der Waals surface area contributed by atoms with Gasteiger partial charge in [-0.1, -0.05) is 17.7 Å². The molecule has 2 amide bonds. The first-order chi connectivity index (χ1) is 10.6. The van der Waals surface area contributed by atoms with Crippen molar-refractivity contribution in [3.05, 3.63) is 40.9 Å². The number of aromatic nitrogens is 2. The van der Waals surface area contributed by atoms with Gasteiger partial charge in [-0.05, 0) is 19.1 Å². The third-order valence-electron chi connectivity index (χ3n) is 4.17. The number of ether oxygens (including phenoxy) is 1. The van der Waals surface area contributed by atoms with Crippen molar-refractivity contribution < 1.29 is 9.53 Å². The first kappa shape index (κ1) is 13.5. The SMILES string of the molecule is Cc1[nH]cnc1CN1CC2COc3c(Cl)cccc3N2C1=O. The summed E-state index contributed by atoms with van der Waals surface area (Å²) in [6, 6.07) is 5.46. The number of imidazole rings is 1. The van der Waals surface area contributed by atoms with E-state index in [4.69, 9.17) is 16.3 Å². The molecule has 1 unspecified atom stereocenters. The Morgan fingerprint density at radius 1 is 1.50 bits per heavy atom. The molecule has 2 aromatic rings. The summed E-state index contributed by atoms with van der Waals surface area (Å²) in [5.74, 6) is 0.589. The van der Waals surface area contributed by atoms with Crippen molar-refractivity contribution in [2.24, 2.45) is 0 Å². The van der Waals surface area contributed by atoms with Crippen molar-refractivity contribution in [3.63, 3.8) is 0 Å². The molecule has 0 aliphatic carbocycles. The van der Waals surface area contributed by atoms with Gasteiger partial charge in [0.05, 0.1) is 35.3 Å². The summed E-state index contributed by atoms with van der Waals surface area (Å²) in [5, 5.41) is 0.533. The van der Waals surface area contributed by atoms with Crippen LogP contribution in [-0.4, -0.2) is 40.1 Å². The second-order valence-electron chi connectivity index (χ2n) is 5.56. The predicted molar refractivity (Wildman–Crippen MR) is 82.3 cm³/mol. The highest BCUT2D eigenvalue weighted by Crippen LogP contribution is 2.42. The van der Waals surface area contributed by atoms with Crippen LogP contribution < -0.4 is 9.64 Å². The summed E-state index contributed by atoms with van der Waals surface area (Å²) in [7, 11) is 0. The van der Waals surface area contributed by atoms with Gasteiger partial charge in [0.25, 0.3) is 0 Å². The molecule has 1 atom stereocenters. The first-order valence-electron chi connectivity index (χ1n) is 7.13. The standard InChI is InChI=1S/C15H15ClN4O2/c1-9-12(18-8-17-9)6-19-5-10-7-22-14-11(16)3-2-4-13(14)20(10)15(19)21/h2-4,8,10H,5-7H2,1H3,(H,17,18). The van der Waals surface area contributed by atoms with Gasteiger partial charge in [0.15, 0.2) is 5.75 Å². The Morgan fingerprint density at radius 2 is 2.36 bits per heavy atom. The summed E-state index contributed by atoms with van der Waals surface area (Å²) in [6.45, 7) is 3.53. The quantitative estimate of drug-likeness (QED) is 0.925. The minimum absolute atomic E-state index is 0.0118. The lowest BCUT2D eigenvalue weighted by molar-refractivity contribution is 0.218. The molecule has 1 N–H and O–H groups in total. The van der Waals surface area contributed by atoms with E-state index in [1.807, 2.05) is 19.1 Å². The molecule has 3 heterocycles. The van der Waals surface area contributed by atoms with Gasteiger partial charge in [0, 0.05) is 12.2 Å². The Hall–Kier alpha value is -2.21. The maximum absolute atomic E-state index is 12.8. The van der Waals surface area contributed by atoms with Gasteiger partial charge in [0.2, 0.25) is 0 Å². The maximum Gasteiger partial charge on any atom is 0.325 e. The number of aryl methyl sites for hydroxylation is 1. The highest BCUT2D eigenvalue weighted by molar-refractivity contribution is 6.32. The number of H-pyrrole nitrogens is 1. The van der Waals surface area contributed by atoms with E-state index in [0.717, 1.165) is 17.1 Å². The topological polar surface area (TPSA) is 61.5 Å². The second kappa shape index (κ2) is 4.91. The van der Waals surface area contributed by atoms with Crippen LogP contribution in [0.5, 0.6) is 5.75 Å². The van der Waals surface area contributed by atoms with Gasteiger partial charge >= 0.3 is 6.03 Å². The van der Waals surface area contributed by atoms with Crippen LogP contribution in [0.4, 0.5) is 10.5 Å². The van der Waals surface area contributed by atoms with E-state index in [0.29, 0.717) is 30.5 Å². The fourth-order valence-corrected chi connectivity index (χ4v) is 3.24. The summed E-state index contributed by atoms with van der Waals surface area (Å²) in [6.07, 6.45) is 1.65. The van der Waals surface area contributed by atoms with Gasteiger partial charge in [-0.15, -0.1) is 0 Å². The fourth-order valence-electron chi connectivity index (χ4n) is 3.02. The zero-order chi connectivity index (χ0) is 15.3. The molecule has 7 heteroatoms. The normalized spacial score (nSPS) is 19.9. The highest BCUT2D eigenvalue weighted by atomic mass is 35.5. The third kappa shape index (κ3) is 1.94. The Balaban J connectivity index is 1.64. The van der Waals surface area contributed by atoms with E-state index in [2.05, 4.69) is 9.97 Å². The number of fused-ring (bicyclic) bond motifs is 3. The van der Waals surface area contributed by atoms with E-state index in [1.165, 1.54) is 0 Å². The average molecular weight is 319 g/mol. The number of hydrogen-bond donors (Lipinski definition) is 1. The van der Waals surface area contributed by atoms with E-state index in [1.54, 1.807) is 22.2 Å². The Kier molecular flexibility index (Phi) is 3.00. The molecule has 2 aliphatic rings. The number of benzene rings is 1. The van der Waals surface area contributed by atoms with Gasteiger partial charge in [-0.2, -0.15) is 0 Å². The van der Waals surface area contributed by atoms with Gasteiger partial charge < -0.3 is 14.6 Å². The van der Waals surface area contributed by atoms with Crippen LogP contribution in [0.15, 0.2) is 24.5 Å². The largest absolute Gasteiger partial charge is 0.488 e. The predicted octanol–water partition coefficient (Wildman–Crippen LogP) is 2.57. The molecule has 0 bridgehead atoms. The fraction of sp³-hybridized carbons (Fsp3) is 0.333. The lowest BCUT2D eigenvalue weighted by Crippen LogP contribution is -2.41. The lowest BCUT2D eigenvalue weighted by atomic mass is 10.2. The average Bonchev–Trinajstić information content (AvgIpc) is 3.05. The third-order valence-corrected chi connectivity index (χ3v) is 4.47. The molecular weight excluding hydrogens is 304 g/mol. The Labute approximate surface area is 132 Å². The van der Waals surface area contributed by atoms with Crippen molar-refractivity contribution in [1.29, 1.82) is 0 Å². The molecule has 6 nitrogen and oxygen atoms in total. The summed E-state index contributed by atoms with van der Waals surface area (Å²) in [5.41, 5.74) is 2.62. The molecule has 0 spiro atoms. The Bertz CT molecular complexity index is 745. The number of halogens is 1. The van der Waals surface area contributed by atoms with Crippen LogP contribution in [-0.2, 0) is 6.54 Å². The molecule has 1 fully saturated rings. The summed E-state index contributed by atoms with van der Waals surface area (Å²) in [4.78, 5) is 23.7. The van der Waals surface area contributed by atoms with Crippen LogP contribution in [0.2, 0.25) is 5.02 Å². The number of nitrogens with one attached hydrogen (secondary N) is 1. The van der Waals surface area contributed by atoms with Crippen LogP contribution in [0.3, 0.4) is 0 Å². The number of aromatic amines is 1. The highest BCUT2D eigenvalue weighted by Gasteiger charge is 2.43. The van der Waals surface area contributed by atoms with Crippen LogP contribution in [0.25, 0.3) is 0 Å². The van der Waals surface area contributed by atoms with Crippen LogP contribution in [0, 0.1) is 6.92 Å². The van der Waals surface area contributed by atoms with Crippen LogP contribution >= 0.6 is 11.6 Å². The van der Waals surface area contributed by atoms with Gasteiger partial charge in [0.1, 0.15) is 6.61 Å². The maximum atomic E-state index is 12.8. The second-order valence-corrected chi connectivity index (χ2v) is 5.97. The van der Waals surface area contributed by atoms with Crippen molar-refractivity contribution in [2.75, 3.05) is 18.1 Å². The molecule has 4 rings (SSSR count). The summed E-state index contributed by atoms with van der Waals surface area (Å²) < 4.78 is 5.75. The molecule has 114 valence electrons. The number of carbonyl (C=O) groups excluding carboxylic acids is 1. The van der Waals surface area contributed by atoms with Gasteiger partial charge in [-0.3, -0.25) is 4.90 Å². The molecule has 0 saturated carbocycles. The number of nitrogens with zero attached hydrogens (tertiary/aromatic N) is 3. The van der Waals surface area contributed by atoms with Gasteiger partial charge in [-0.25, -0.2) is 9.78 Å². The number of para-hydroxylation sites is 1. The van der Waals surface area contributed by atoms with E-state index >= 15 is 0 Å². The molecule has 2 aliphatic heterocycles. The number of hydrogen-bond acceptors (Lipinski definition) is 3. The Morgan fingerprint density at radius 3 is 3.14 bits per heavy atom. The number of carbonyl (C=O) groups is 1. The minimum atomic E-state index is -0.0285. The van der Waals surface area contributed by atoms with E-state index in [-0.39, 0.29) is 12.1 Å². The molecule has 0 radical (unpaired) electrons. The molecule has 22 heavy (non-hydrogen) atoms. The number of anilines is 1. The zero-order valence-electron chi connectivity index (χ0n) is 12.0. The number of rotatable bonds is 2. The monoisotopic (exact) mass is 318 g/mol. The molecular formula is C15H15ClN4O2. The van der Waals surface area contributed by atoms with Crippen molar-refractivity contribution >= 4 is 23.3 Å². The number of amides is 2. The molecule has 1 aromatic heterocycles. The van der Waals surface area contributed by atoms with E-state index < -0.39 is 0 Å². The van der Waals surface area contributed by atoms with Crippen molar-refractivity contribution in [1.82, 2.24) is 14.9 Å². The minimum Gasteiger partial charge on any atom is -0.488 e. The van der Waals surface area contributed by atoms with Crippen LogP contribution in [0.1, 0.15) is 11.4 Å². The summed E-state index contributed by atoms with van der Waals surface area (Å²) >= 11 is 6.16. The number of urea groups is 1. The smallest absolute Gasteiger partial charge is 0.325 e. The lowest BCUT2D eigenvalue weighted by Gasteiger charge is -2.30. The van der Waals surface area contributed by atoms with Crippen molar-refractivity contribution in [3.8, 4) is 5.75 Å².